The van der Waals surface area contributed by atoms with Crippen molar-refractivity contribution in [1.82, 2.24) is 15.0 Å². The van der Waals surface area contributed by atoms with Crippen LogP contribution in [-0.2, 0) is 0 Å². The molecule has 1 amide bonds. The molecule has 0 aliphatic rings. The molecule has 124 valence electrons. The summed E-state index contributed by atoms with van der Waals surface area (Å²) >= 11 is 1.38. The number of ether oxygens (including phenoxy) is 2. The SMILES string of the molecule is CCOc1ccc2nc(NC(=O)c3cc(OCC)ncn3)sc2c1. The number of aromatic nitrogens is 3. The molecule has 0 saturated carbocycles. The summed E-state index contributed by atoms with van der Waals surface area (Å²) in [5.41, 5.74) is 1.03. The summed E-state index contributed by atoms with van der Waals surface area (Å²) in [6.45, 7) is 4.85. The van der Waals surface area contributed by atoms with Crippen LogP contribution in [0.4, 0.5) is 5.13 Å². The molecule has 2 heterocycles. The van der Waals surface area contributed by atoms with Gasteiger partial charge >= 0.3 is 0 Å². The molecule has 3 aromatic rings. The number of carbonyl (C=O) groups is 1. The van der Waals surface area contributed by atoms with Crippen LogP contribution in [-0.4, -0.2) is 34.1 Å². The maximum absolute atomic E-state index is 12.3. The Morgan fingerprint density at radius 2 is 2.00 bits per heavy atom. The van der Waals surface area contributed by atoms with Crippen molar-refractivity contribution in [2.75, 3.05) is 18.5 Å². The average Bonchev–Trinajstić information content (AvgIpc) is 2.97. The quantitative estimate of drug-likeness (QED) is 0.739. The van der Waals surface area contributed by atoms with E-state index in [1.165, 1.54) is 23.7 Å². The lowest BCUT2D eigenvalue weighted by molar-refractivity contribution is 0.102. The van der Waals surface area contributed by atoms with E-state index in [-0.39, 0.29) is 11.6 Å². The van der Waals surface area contributed by atoms with Crippen molar-refractivity contribution < 1.29 is 14.3 Å². The van der Waals surface area contributed by atoms with Crippen LogP contribution in [0, 0.1) is 0 Å². The molecule has 0 radical (unpaired) electrons. The summed E-state index contributed by atoms with van der Waals surface area (Å²) in [7, 11) is 0. The minimum Gasteiger partial charge on any atom is -0.494 e. The molecule has 1 N–H and O–H groups in total. The largest absolute Gasteiger partial charge is 0.494 e. The Morgan fingerprint density at radius 1 is 1.17 bits per heavy atom. The van der Waals surface area contributed by atoms with Crippen LogP contribution in [0.5, 0.6) is 11.6 Å². The van der Waals surface area contributed by atoms with Gasteiger partial charge in [-0.2, -0.15) is 0 Å². The van der Waals surface area contributed by atoms with Gasteiger partial charge < -0.3 is 9.47 Å². The van der Waals surface area contributed by atoms with Crippen LogP contribution >= 0.6 is 11.3 Å². The highest BCUT2D eigenvalue weighted by molar-refractivity contribution is 7.22. The maximum atomic E-state index is 12.3. The molecule has 0 fully saturated rings. The molecule has 0 aliphatic carbocycles. The topological polar surface area (TPSA) is 86.2 Å². The summed E-state index contributed by atoms with van der Waals surface area (Å²) < 4.78 is 11.7. The molecule has 2 aromatic heterocycles. The smallest absolute Gasteiger partial charge is 0.276 e. The van der Waals surface area contributed by atoms with E-state index in [9.17, 15) is 4.79 Å². The first-order valence-corrected chi connectivity index (χ1v) is 8.30. The van der Waals surface area contributed by atoms with Gasteiger partial charge in [0.05, 0.1) is 23.4 Å². The second kappa shape index (κ2) is 7.22. The Labute approximate surface area is 142 Å². The van der Waals surface area contributed by atoms with E-state index < -0.39 is 0 Å². The third-order valence-electron chi connectivity index (χ3n) is 3.06. The minimum atomic E-state index is -0.359. The zero-order valence-corrected chi connectivity index (χ0v) is 14.1. The normalized spacial score (nSPS) is 10.6. The molecular formula is C16H16N4O3S. The Morgan fingerprint density at radius 3 is 2.79 bits per heavy atom. The number of anilines is 1. The van der Waals surface area contributed by atoms with Gasteiger partial charge in [0, 0.05) is 6.07 Å². The second-order valence-corrected chi connectivity index (χ2v) is 5.74. The first kappa shape index (κ1) is 16.1. The molecule has 0 spiro atoms. The predicted molar refractivity (Wildman–Crippen MR) is 91.9 cm³/mol. The third-order valence-corrected chi connectivity index (χ3v) is 3.99. The Balaban J connectivity index is 1.78. The van der Waals surface area contributed by atoms with Gasteiger partial charge in [-0.05, 0) is 32.0 Å². The number of benzene rings is 1. The number of fused-ring (bicyclic) bond motifs is 1. The van der Waals surface area contributed by atoms with Crippen LogP contribution in [0.1, 0.15) is 24.3 Å². The molecule has 0 atom stereocenters. The molecule has 24 heavy (non-hydrogen) atoms. The molecule has 1 aromatic carbocycles. The van der Waals surface area contributed by atoms with Gasteiger partial charge in [0.1, 0.15) is 17.8 Å². The molecule has 0 unspecified atom stereocenters. The van der Waals surface area contributed by atoms with Gasteiger partial charge in [-0.1, -0.05) is 11.3 Å². The molecule has 7 nitrogen and oxygen atoms in total. The van der Waals surface area contributed by atoms with Crippen molar-refractivity contribution in [3.05, 3.63) is 36.3 Å². The lowest BCUT2D eigenvalue weighted by atomic mass is 10.3. The van der Waals surface area contributed by atoms with Crippen LogP contribution in [0.2, 0.25) is 0 Å². The van der Waals surface area contributed by atoms with Crippen LogP contribution in [0.15, 0.2) is 30.6 Å². The average molecular weight is 344 g/mol. The number of amides is 1. The van der Waals surface area contributed by atoms with Gasteiger partial charge in [0.25, 0.3) is 5.91 Å². The van der Waals surface area contributed by atoms with Gasteiger partial charge in [-0.25, -0.2) is 15.0 Å². The van der Waals surface area contributed by atoms with Crippen LogP contribution in [0.3, 0.4) is 0 Å². The van der Waals surface area contributed by atoms with Crippen molar-refractivity contribution in [2.24, 2.45) is 0 Å². The summed E-state index contributed by atoms with van der Waals surface area (Å²) in [6, 6.07) is 7.13. The first-order chi connectivity index (χ1) is 11.7. The van der Waals surface area contributed by atoms with Crippen LogP contribution < -0.4 is 14.8 Å². The minimum absolute atomic E-state index is 0.225. The number of rotatable bonds is 6. The molecule has 8 heteroatoms. The summed E-state index contributed by atoms with van der Waals surface area (Å²) in [6.07, 6.45) is 1.30. The van der Waals surface area contributed by atoms with Gasteiger partial charge in [-0.3, -0.25) is 10.1 Å². The van der Waals surface area contributed by atoms with E-state index >= 15 is 0 Å². The number of nitrogens with one attached hydrogen (secondary N) is 1. The zero-order valence-electron chi connectivity index (χ0n) is 13.3. The van der Waals surface area contributed by atoms with E-state index in [2.05, 4.69) is 20.3 Å². The van der Waals surface area contributed by atoms with E-state index in [0.29, 0.717) is 24.2 Å². The van der Waals surface area contributed by atoms with Crippen molar-refractivity contribution in [2.45, 2.75) is 13.8 Å². The van der Waals surface area contributed by atoms with E-state index in [0.717, 1.165) is 16.0 Å². The number of hydrogen-bond donors (Lipinski definition) is 1. The highest BCUT2D eigenvalue weighted by Crippen LogP contribution is 2.29. The van der Waals surface area contributed by atoms with Gasteiger partial charge in [0.2, 0.25) is 5.88 Å². The molecule has 0 saturated heterocycles. The van der Waals surface area contributed by atoms with E-state index in [1.807, 2.05) is 32.0 Å². The first-order valence-electron chi connectivity index (χ1n) is 7.49. The van der Waals surface area contributed by atoms with Gasteiger partial charge in [-0.15, -0.1) is 0 Å². The molecule has 0 aliphatic heterocycles. The zero-order chi connectivity index (χ0) is 16.9. The second-order valence-electron chi connectivity index (χ2n) is 4.71. The lowest BCUT2D eigenvalue weighted by Gasteiger charge is -2.03. The maximum Gasteiger partial charge on any atom is 0.276 e. The highest BCUT2D eigenvalue weighted by Gasteiger charge is 2.13. The molecule has 3 rings (SSSR count). The highest BCUT2D eigenvalue weighted by atomic mass is 32.1. The molecule has 0 bridgehead atoms. The van der Waals surface area contributed by atoms with Gasteiger partial charge in [0.15, 0.2) is 5.13 Å². The fraction of sp³-hybridized carbons (Fsp3) is 0.250. The van der Waals surface area contributed by atoms with Crippen molar-refractivity contribution >= 4 is 32.6 Å². The monoisotopic (exact) mass is 344 g/mol. The van der Waals surface area contributed by atoms with E-state index in [4.69, 9.17) is 9.47 Å². The van der Waals surface area contributed by atoms with Crippen LogP contribution in [0.25, 0.3) is 10.2 Å². The summed E-state index contributed by atoms with van der Waals surface area (Å²) in [5.74, 6) is 0.787. The fourth-order valence-corrected chi connectivity index (χ4v) is 2.96. The fourth-order valence-electron chi connectivity index (χ4n) is 2.07. The van der Waals surface area contributed by atoms with Crippen molar-refractivity contribution in [1.29, 1.82) is 0 Å². The van der Waals surface area contributed by atoms with Crippen molar-refractivity contribution in [3.63, 3.8) is 0 Å². The van der Waals surface area contributed by atoms with Crippen molar-refractivity contribution in [3.8, 4) is 11.6 Å². The lowest BCUT2D eigenvalue weighted by Crippen LogP contribution is -2.14. The number of nitrogens with zero attached hydrogens (tertiary/aromatic N) is 3. The third kappa shape index (κ3) is 3.60. The summed E-state index contributed by atoms with van der Waals surface area (Å²) in [5, 5.41) is 3.25. The predicted octanol–water partition coefficient (Wildman–Crippen LogP) is 3.14. The number of hydrogen-bond acceptors (Lipinski definition) is 7. The Kier molecular flexibility index (Phi) is 4.85. The number of thiazole rings is 1. The molecular weight excluding hydrogens is 328 g/mol. The summed E-state index contributed by atoms with van der Waals surface area (Å²) in [4.78, 5) is 24.6. The standard InChI is InChI=1S/C16H16N4O3S/c1-3-22-10-5-6-11-13(7-10)24-16(19-11)20-15(21)12-8-14(23-4-2)18-9-17-12/h5-9H,3-4H2,1-2H3,(H,19,20,21). The Hall–Kier alpha value is -2.74. The van der Waals surface area contributed by atoms with E-state index in [1.54, 1.807) is 0 Å². The number of carbonyl (C=O) groups excluding carboxylic acids is 1. The Bertz CT molecular complexity index is 865.